The maximum absolute atomic E-state index is 11.8. The number of hydrogen-bond donors (Lipinski definition) is 1. The highest BCUT2D eigenvalue weighted by Gasteiger charge is 2.22. The summed E-state index contributed by atoms with van der Waals surface area (Å²) in [6.07, 6.45) is 1.79. The Labute approximate surface area is 183 Å². The summed E-state index contributed by atoms with van der Waals surface area (Å²) in [7, 11) is 1.60. The van der Waals surface area contributed by atoms with Crippen LogP contribution < -0.4 is 14.8 Å². The van der Waals surface area contributed by atoms with Gasteiger partial charge in [-0.25, -0.2) is 0 Å². The maximum Gasteiger partial charge on any atom is 0.263 e. The summed E-state index contributed by atoms with van der Waals surface area (Å²) in [4.78, 5) is 12.4. The topological polar surface area (TPSA) is 47.6 Å². The largest absolute Gasteiger partial charge is 0.493 e. The van der Waals surface area contributed by atoms with Crippen LogP contribution in [0.2, 0.25) is 0 Å². The first-order chi connectivity index (χ1) is 12.5. The zero-order valence-corrected chi connectivity index (χ0v) is 18.9. The number of benzene rings is 2. The summed E-state index contributed by atoms with van der Waals surface area (Å²) in [5.41, 5.74) is 1.91. The predicted molar refractivity (Wildman–Crippen MR) is 120 cm³/mol. The number of hydrogen-bond acceptors (Lipinski definition) is 5. The number of rotatable bonds is 5. The number of nitrogens with one attached hydrogen (secondary N) is 1. The molecule has 0 bridgehead atoms. The number of ether oxygens (including phenoxy) is 2. The standard InChI is InChI=1S/C18H13BrINO3S2/c1-23-14-7-11(8-15-17(22)21-18(25)26-15)6-13(20)16(14)24-9-10-2-4-12(19)5-3-10/h2-8H,9H2,1H3,(H,21,22,25)/b15-8-. The van der Waals surface area contributed by atoms with Gasteiger partial charge in [0.05, 0.1) is 15.6 Å². The van der Waals surface area contributed by atoms with Crippen molar-refractivity contribution in [3.05, 3.63) is 60.5 Å². The van der Waals surface area contributed by atoms with E-state index >= 15 is 0 Å². The van der Waals surface area contributed by atoms with Crippen molar-refractivity contribution in [2.45, 2.75) is 6.61 Å². The van der Waals surface area contributed by atoms with Crippen molar-refractivity contribution in [3.63, 3.8) is 0 Å². The van der Waals surface area contributed by atoms with Crippen LogP contribution in [0.5, 0.6) is 11.5 Å². The Kier molecular flexibility index (Phi) is 6.60. The van der Waals surface area contributed by atoms with E-state index in [2.05, 4.69) is 43.8 Å². The lowest BCUT2D eigenvalue weighted by Crippen LogP contribution is -2.17. The fourth-order valence-electron chi connectivity index (χ4n) is 2.27. The summed E-state index contributed by atoms with van der Waals surface area (Å²) in [5, 5.41) is 2.61. The van der Waals surface area contributed by atoms with E-state index in [0.717, 1.165) is 19.2 Å². The molecule has 0 saturated carbocycles. The van der Waals surface area contributed by atoms with Crippen LogP contribution in [0.25, 0.3) is 6.08 Å². The Bertz CT molecular complexity index is 900. The monoisotopic (exact) mass is 561 g/mol. The Morgan fingerprint density at radius 1 is 1.31 bits per heavy atom. The van der Waals surface area contributed by atoms with E-state index < -0.39 is 0 Å². The molecule has 1 saturated heterocycles. The molecule has 4 nitrogen and oxygen atoms in total. The van der Waals surface area contributed by atoms with Crippen LogP contribution in [0.15, 0.2) is 45.8 Å². The van der Waals surface area contributed by atoms with Gasteiger partial charge in [-0.05, 0) is 64.1 Å². The van der Waals surface area contributed by atoms with Crippen LogP contribution in [-0.4, -0.2) is 17.3 Å². The number of halogens is 2. The number of carbonyl (C=O) groups excluding carboxylic acids is 1. The molecule has 0 aliphatic carbocycles. The maximum atomic E-state index is 11.8. The SMILES string of the molecule is COc1cc(/C=C2\SC(=S)NC2=O)cc(I)c1OCc1ccc(Br)cc1. The lowest BCUT2D eigenvalue weighted by Gasteiger charge is -2.14. The van der Waals surface area contributed by atoms with E-state index in [-0.39, 0.29) is 5.91 Å². The van der Waals surface area contributed by atoms with Gasteiger partial charge in [0.15, 0.2) is 11.5 Å². The Hall–Kier alpha value is -1.10. The molecule has 8 heteroatoms. The number of thiocarbonyl (C=S) groups is 1. The van der Waals surface area contributed by atoms with Gasteiger partial charge in [0.2, 0.25) is 0 Å². The van der Waals surface area contributed by atoms with E-state index in [9.17, 15) is 4.79 Å². The van der Waals surface area contributed by atoms with Gasteiger partial charge in [-0.1, -0.05) is 52.0 Å². The molecular formula is C18H13BrINO3S2. The van der Waals surface area contributed by atoms with Gasteiger partial charge in [-0.3, -0.25) is 4.79 Å². The molecule has 1 amide bonds. The van der Waals surface area contributed by atoms with E-state index in [1.165, 1.54) is 11.8 Å². The molecule has 134 valence electrons. The van der Waals surface area contributed by atoms with Gasteiger partial charge >= 0.3 is 0 Å². The van der Waals surface area contributed by atoms with E-state index in [0.29, 0.717) is 27.3 Å². The Morgan fingerprint density at radius 2 is 2.04 bits per heavy atom. The first-order valence-corrected chi connectivity index (χ1v) is 10.6. The van der Waals surface area contributed by atoms with Gasteiger partial charge < -0.3 is 14.8 Å². The number of thioether (sulfide) groups is 1. The average molecular weight is 562 g/mol. The first kappa shape index (κ1) is 19.7. The summed E-state index contributed by atoms with van der Waals surface area (Å²) in [6, 6.07) is 11.8. The second-order valence-electron chi connectivity index (χ2n) is 5.30. The van der Waals surface area contributed by atoms with Crippen molar-refractivity contribution in [1.82, 2.24) is 5.32 Å². The molecule has 1 fully saturated rings. The van der Waals surface area contributed by atoms with Crippen LogP contribution in [0.4, 0.5) is 0 Å². The summed E-state index contributed by atoms with van der Waals surface area (Å²) < 4.78 is 13.9. The second-order valence-corrected chi connectivity index (χ2v) is 9.10. The molecule has 1 N–H and O–H groups in total. The van der Waals surface area contributed by atoms with Gasteiger partial charge in [0.25, 0.3) is 5.91 Å². The van der Waals surface area contributed by atoms with E-state index in [1.807, 2.05) is 36.4 Å². The molecule has 1 aliphatic rings. The molecule has 2 aromatic rings. The minimum absolute atomic E-state index is 0.176. The van der Waals surface area contributed by atoms with Crippen molar-refractivity contribution in [3.8, 4) is 11.5 Å². The molecular weight excluding hydrogens is 549 g/mol. The summed E-state index contributed by atoms with van der Waals surface area (Å²) in [6.45, 7) is 0.437. The molecule has 1 aliphatic heterocycles. The van der Waals surface area contributed by atoms with Crippen LogP contribution >= 0.6 is 62.5 Å². The highest BCUT2D eigenvalue weighted by atomic mass is 127. The molecule has 0 spiro atoms. The lowest BCUT2D eigenvalue weighted by atomic mass is 10.2. The van der Waals surface area contributed by atoms with Gasteiger partial charge in [0, 0.05) is 4.47 Å². The molecule has 3 rings (SSSR count). The summed E-state index contributed by atoms with van der Waals surface area (Å²) in [5.74, 6) is 1.12. The molecule has 26 heavy (non-hydrogen) atoms. The first-order valence-electron chi connectivity index (χ1n) is 7.46. The van der Waals surface area contributed by atoms with E-state index in [4.69, 9.17) is 21.7 Å². The van der Waals surface area contributed by atoms with E-state index in [1.54, 1.807) is 13.2 Å². The van der Waals surface area contributed by atoms with Crippen LogP contribution in [0, 0.1) is 3.57 Å². The zero-order valence-electron chi connectivity index (χ0n) is 13.5. The van der Waals surface area contributed by atoms with Gasteiger partial charge in [-0.15, -0.1) is 0 Å². The number of amides is 1. The third-order valence-corrected chi connectivity index (χ3v) is 5.98. The highest BCUT2D eigenvalue weighted by Crippen LogP contribution is 2.36. The van der Waals surface area contributed by atoms with Crippen molar-refractivity contribution >= 4 is 78.8 Å². The van der Waals surface area contributed by atoms with Crippen molar-refractivity contribution in [2.24, 2.45) is 0 Å². The molecule has 0 aromatic heterocycles. The van der Waals surface area contributed by atoms with Gasteiger partial charge in [-0.2, -0.15) is 0 Å². The summed E-state index contributed by atoms with van der Waals surface area (Å²) >= 11 is 11.9. The lowest BCUT2D eigenvalue weighted by molar-refractivity contribution is -0.115. The number of methoxy groups -OCH3 is 1. The Balaban J connectivity index is 1.83. The van der Waals surface area contributed by atoms with Crippen molar-refractivity contribution < 1.29 is 14.3 Å². The smallest absolute Gasteiger partial charge is 0.263 e. The quantitative estimate of drug-likeness (QED) is 0.311. The minimum atomic E-state index is -0.176. The minimum Gasteiger partial charge on any atom is -0.493 e. The fraction of sp³-hybridized carbons (Fsp3) is 0.111. The third kappa shape index (κ3) is 4.79. The van der Waals surface area contributed by atoms with Crippen molar-refractivity contribution in [1.29, 1.82) is 0 Å². The van der Waals surface area contributed by atoms with Crippen LogP contribution in [0.3, 0.4) is 0 Å². The molecule has 1 heterocycles. The van der Waals surface area contributed by atoms with Crippen molar-refractivity contribution in [2.75, 3.05) is 7.11 Å². The molecule has 0 radical (unpaired) electrons. The third-order valence-electron chi connectivity index (χ3n) is 3.49. The van der Waals surface area contributed by atoms with Crippen LogP contribution in [-0.2, 0) is 11.4 Å². The molecule has 0 unspecified atom stereocenters. The number of carbonyl (C=O) groups is 1. The van der Waals surface area contributed by atoms with Crippen LogP contribution in [0.1, 0.15) is 11.1 Å². The zero-order chi connectivity index (χ0) is 18.7. The fourth-order valence-corrected chi connectivity index (χ4v) is 4.36. The molecule has 2 aromatic carbocycles. The highest BCUT2D eigenvalue weighted by molar-refractivity contribution is 14.1. The normalized spacial score (nSPS) is 15.3. The average Bonchev–Trinajstić information content (AvgIpc) is 2.92. The second kappa shape index (κ2) is 8.73. The predicted octanol–water partition coefficient (Wildman–Crippen LogP) is 5.13. The Morgan fingerprint density at radius 3 is 2.65 bits per heavy atom. The van der Waals surface area contributed by atoms with Gasteiger partial charge in [0.1, 0.15) is 10.9 Å². The molecule has 0 atom stereocenters.